The number of unbranched alkanes of at least 4 members (excludes halogenated alkanes) is 3. The lowest BCUT2D eigenvalue weighted by molar-refractivity contribution is 0.368. The first-order valence-corrected chi connectivity index (χ1v) is 10.8. The molecule has 0 saturated carbocycles. The molecule has 0 aromatic carbocycles. The van der Waals surface area contributed by atoms with Gasteiger partial charge in [-0.25, -0.2) is 0 Å². The Morgan fingerprint density at radius 3 is 1.10 bits per heavy atom. The lowest BCUT2D eigenvalue weighted by atomic mass is 10.3. The molecule has 0 aliphatic carbocycles. The van der Waals surface area contributed by atoms with E-state index in [1.54, 1.807) is 18.5 Å². The highest BCUT2D eigenvalue weighted by molar-refractivity contribution is 7.76. The van der Waals surface area contributed by atoms with E-state index in [4.69, 9.17) is 0 Å². The summed E-state index contributed by atoms with van der Waals surface area (Å²) in [6, 6.07) is 0. The molecule has 0 aliphatic heterocycles. The lowest BCUT2D eigenvalue weighted by Crippen LogP contribution is -2.17. The molecule has 0 nitrogen and oxygen atoms in total. The van der Waals surface area contributed by atoms with Crippen molar-refractivity contribution in [1.82, 2.24) is 0 Å². The average molecular weight is 332 g/mol. The van der Waals surface area contributed by atoms with Crippen molar-refractivity contribution in [2.24, 2.45) is 0 Å². The van der Waals surface area contributed by atoms with Crippen LogP contribution >= 0.6 is 7.26 Å². The first-order valence-electron chi connectivity index (χ1n) is 8.36. The Morgan fingerprint density at radius 1 is 0.714 bits per heavy atom. The summed E-state index contributed by atoms with van der Waals surface area (Å²) in [7, 11) is -6.62. The van der Waals surface area contributed by atoms with Gasteiger partial charge in [-0.2, -0.15) is 0 Å². The van der Waals surface area contributed by atoms with Gasteiger partial charge < -0.3 is 17.3 Å². The van der Waals surface area contributed by atoms with Gasteiger partial charge in [0.25, 0.3) is 0 Å². The molecule has 0 aliphatic rings. The second-order valence-corrected chi connectivity index (χ2v) is 10.9. The molecular weight excluding hydrogens is 298 g/mol. The second-order valence-electron chi connectivity index (χ2n) is 6.04. The van der Waals surface area contributed by atoms with E-state index < -0.39 is 14.5 Å². The molecular formula is C15H34BF4P. The molecule has 0 aromatic rings. The Hall–Kier alpha value is 0.215. The standard InChI is InChI=1S/C15H34P.BF4/c1-6-9-12-16(15(4)5,13-10-7-2)14-11-8-3;2-1(3,4)5/h15H,6-14H2,1-5H3;/q+1;-1. The molecule has 130 valence electrons. The first-order chi connectivity index (χ1) is 9.63. The summed E-state index contributed by atoms with van der Waals surface area (Å²) >= 11 is 0. The van der Waals surface area contributed by atoms with E-state index >= 15 is 0 Å². The van der Waals surface area contributed by atoms with Gasteiger partial charge in [-0.15, -0.1) is 0 Å². The van der Waals surface area contributed by atoms with E-state index in [1.807, 2.05) is 0 Å². The summed E-state index contributed by atoms with van der Waals surface area (Å²) in [6.07, 6.45) is 13.3. The average Bonchev–Trinajstić information content (AvgIpc) is 2.36. The zero-order valence-electron chi connectivity index (χ0n) is 14.5. The smallest absolute Gasteiger partial charge is 0.418 e. The maximum atomic E-state index is 9.75. The normalized spacial score (nSPS) is 12.3. The fourth-order valence-electron chi connectivity index (χ4n) is 2.53. The van der Waals surface area contributed by atoms with Crippen LogP contribution in [0.3, 0.4) is 0 Å². The van der Waals surface area contributed by atoms with Gasteiger partial charge >= 0.3 is 7.25 Å². The molecule has 0 aromatic heterocycles. The predicted molar refractivity (Wildman–Crippen MR) is 91.6 cm³/mol. The number of hydrogen-bond acceptors (Lipinski definition) is 0. The number of halogens is 4. The first kappa shape index (κ1) is 23.5. The molecule has 0 bridgehead atoms. The van der Waals surface area contributed by atoms with Gasteiger partial charge in [0.05, 0.1) is 24.1 Å². The summed E-state index contributed by atoms with van der Waals surface area (Å²) in [5, 5.41) is 0. The monoisotopic (exact) mass is 332 g/mol. The van der Waals surface area contributed by atoms with Crippen molar-refractivity contribution in [2.45, 2.75) is 78.8 Å². The van der Waals surface area contributed by atoms with Crippen LogP contribution in [0.25, 0.3) is 0 Å². The maximum absolute atomic E-state index is 9.75. The van der Waals surface area contributed by atoms with Gasteiger partial charge in [-0.1, -0.05) is 40.0 Å². The topological polar surface area (TPSA) is 0 Å². The summed E-state index contributed by atoms with van der Waals surface area (Å²) in [5.74, 6) is 0. The maximum Gasteiger partial charge on any atom is 0.673 e. The van der Waals surface area contributed by atoms with E-state index in [0.29, 0.717) is 0 Å². The molecule has 0 fully saturated rings. The lowest BCUT2D eigenvalue weighted by Gasteiger charge is -2.31. The Bertz CT molecular complexity index is 204. The Kier molecular flexibility index (Phi) is 14.2. The molecule has 0 unspecified atom stereocenters. The number of hydrogen-bond donors (Lipinski definition) is 0. The fraction of sp³-hybridized carbons (Fsp3) is 1.00. The molecule has 0 saturated heterocycles. The minimum absolute atomic E-state index is 0.618. The van der Waals surface area contributed by atoms with Crippen LogP contribution in [0.2, 0.25) is 0 Å². The van der Waals surface area contributed by atoms with Crippen molar-refractivity contribution in [2.75, 3.05) is 18.5 Å². The van der Waals surface area contributed by atoms with Gasteiger partial charge in [0, 0.05) is 7.26 Å². The van der Waals surface area contributed by atoms with Crippen LogP contribution in [0.4, 0.5) is 17.3 Å². The summed E-state index contributed by atoms with van der Waals surface area (Å²) in [6.45, 7) is 12.0. The molecule has 0 radical (unpaired) electrons. The van der Waals surface area contributed by atoms with E-state index in [-0.39, 0.29) is 0 Å². The largest absolute Gasteiger partial charge is 0.673 e. The minimum Gasteiger partial charge on any atom is -0.418 e. The molecule has 0 amide bonds. The van der Waals surface area contributed by atoms with Crippen molar-refractivity contribution in [3.8, 4) is 0 Å². The van der Waals surface area contributed by atoms with Crippen LogP contribution < -0.4 is 0 Å². The highest BCUT2D eigenvalue weighted by Crippen LogP contribution is 2.64. The van der Waals surface area contributed by atoms with E-state index in [1.165, 1.54) is 38.5 Å². The van der Waals surface area contributed by atoms with E-state index in [0.717, 1.165) is 5.66 Å². The van der Waals surface area contributed by atoms with Crippen molar-refractivity contribution in [1.29, 1.82) is 0 Å². The van der Waals surface area contributed by atoms with Crippen molar-refractivity contribution in [3.05, 3.63) is 0 Å². The molecule has 0 rings (SSSR count). The van der Waals surface area contributed by atoms with Crippen molar-refractivity contribution >= 4 is 14.5 Å². The summed E-state index contributed by atoms with van der Waals surface area (Å²) in [4.78, 5) is 0. The Balaban J connectivity index is 0. The third-order valence-corrected chi connectivity index (χ3v) is 9.78. The van der Waals surface area contributed by atoms with Crippen LogP contribution in [0.15, 0.2) is 0 Å². The predicted octanol–water partition coefficient (Wildman–Crippen LogP) is 7.11. The summed E-state index contributed by atoms with van der Waals surface area (Å²) in [5.41, 5.74) is 0.970. The third kappa shape index (κ3) is 14.9. The van der Waals surface area contributed by atoms with Gasteiger partial charge in [-0.05, 0) is 33.1 Å². The number of rotatable bonds is 10. The Labute approximate surface area is 129 Å². The second kappa shape index (κ2) is 12.7. The van der Waals surface area contributed by atoms with Crippen LogP contribution in [-0.2, 0) is 0 Å². The zero-order chi connectivity index (χ0) is 16.9. The fourth-order valence-corrected chi connectivity index (χ4v) is 7.59. The van der Waals surface area contributed by atoms with Crippen molar-refractivity contribution < 1.29 is 17.3 Å². The van der Waals surface area contributed by atoms with Crippen molar-refractivity contribution in [3.63, 3.8) is 0 Å². The van der Waals surface area contributed by atoms with Gasteiger partial charge in [0.15, 0.2) is 0 Å². The SMILES string of the molecule is CCCC[P+](CCCC)(CCCC)C(C)C.F[B-](F)(F)F. The minimum atomic E-state index is -6.00. The third-order valence-electron chi connectivity index (χ3n) is 3.97. The van der Waals surface area contributed by atoms with Gasteiger partial charge in [0.1, 0.15) is 0 Å². The van der Waals surface area contributed by atoms with Crippen LogP contribution in [0, 0.1) is 0 Å². The van der Waals surface area contributed by atoms with Crippen LogP contribution in [0.5, 0.6) is 0 Å². The Morgan fingerprint density at radius 2 is 0.952 bits per heavy atom. The van der Waals surface area contributed by atoms with E-state index in [2.05, 4.69) is 34.6 Å². The van der Waals surface area contributed by atoms with Gasteiger partial charge in [-0.3, -0.25) is 0 Å². The highest BCUT2D eigenvalue weighted by Gasteiger charge is 2.38. The van der Waals surface area contributed by atoms with Crippen LogP contribution in [-0.4, -0.2) is 31.4 Å². The molecule has 0 heterocycles. The van der Waals surface area contributed by atoms with Crippen LogP contribution in [0.1, 0.15) is 73.1 Å². The molecule has 21 heavy (non-hydrogen) atoms. The zero-order valence-corrected chi connectivity index (χ0v) is 15.4. The molecule has 0 spiro atoms. The van der Waals surface area contributed by atoms with E-state index in [9.17, 15) is 17.3 Å². The molecule has 6 heteroatoms. The molecule has 0 atom stereocenters. The highest BCUT2D eigenvalue weighted by atomic mass is 31.2. The van der Waals surface area contributed by atoms with Gasteiger partial charge in [0.2, 0.25) is 0 Å². The summed E-state index contributed by atoms with van der Waals surface area (Å²) < 4.78 is 39.0. The molecule has 0 N–H and O–H groups in total. The quantitative estimate of drug-likeness (QED) is 0.227.